The van der Waals surface area contributed by atoms with E-state index in [0.29, 0.717) is 0 Å². The first kappa shape index (κ1) is 16.5. The molecule has 1 fully saturated rings. The van der Waals surface area contributed by atoms with E-state index >= 15 is 0 Å². The average molecular weight is 335 g/mol. The molecule has 0 spiro atoms. The van der Waals surface area contributed by atoms with Crippen molar-refractivity contribution in [1.82, 2.24) is 0 Å². The molecule has 1 aromatic rings. The molecular formula is C14H19F2NO2S2. The minimum absolute atomic E-state index is 0.0766. The van der Waals surface area contributed by atoms with Gasteiger partial charge in [0.1, 0.15) is 0 Å². The second-order valence-corrected chi connectivity index (χ2v) is 8.94. The Bertz CT molecular complexity index is 603. The van der Waals surface area contributed by atoms with Gasteiger partial charge in [-0.1, -0.05) is 26.0 Å². The van der Waals surface area contributed by atoms with Crippen molar-refractivity contribution in [3.8, 4) is 0 Å². The molecule has 0 amide bonds. The van der Waals surface area contributed by atoms with Crippen molar-refractivity contribution in [2.24, 2.45) is 5.41 Å². The number of rotatable bonds is 4. The standard InChI is InChI=1S/C14H19F2NO2S2/c1-14(2)7-10(8-20-9-14)17-11-5-3-4-6-12(11)21(18,19)13(15)16/h3-6,10,13,17H,7-9H2,1-2H3. The van der Waals surface area contributed by atoms with Crippen LogP contribution >= 0.6 is 11.8 Å². The van der Waals surface area contributed by atoms with Crippen LogP contribution in [-0.2, 0) is 9.84 Å². The third-order valence-corrected chi connectivity index (χ3v) is 6.46. The van der Waals surface area contributed by atoms with Crippen LogP contribution in [-0.4, -0.2) is 31.7 Å². The predicted octanol–water partition coefficient (Wildman–Crippen LogP) is 3.63. The maximum atomic E-state index is 12.8. The molecule has 21 heavy (non-hydrogen) atoms. The quantitative estimate of drug-likeness (QED) is 0.913. The summed E-state index contributed by atoms with van der Waals surface area (Å²) in [7, 11) is -4.59. The van der Waals surface area contributed by atoms with Crippen molar-refractivity contribution >= 4 is 27.3 Å². The molecule has 1 heterocycles. The predicted molar refractivity (Wildman–Crippen MR) is 82.8 cm³/mol. The topological polar surface area (TPSA) is 46.2 Å². The highest BCUT2D eigenvalue weighted by molar-refractivity contribution is 7.99. The maximum Gasteiger partial charge on any atom is 0.341 e. The number of anilines is 1. The average Bonchev–Trinajstić information content (AvgIpc) is 2.37. The number of hydrogen-bond acceptors (Lipinski definition) is 4. The molecule has 1 aliphatic heterocycles. The van der Waals surface area contributed by atoms with Gasteiger partial charge in [-0.3, -0.25) is 0 Å². The minimum Gasteiger partial charge on any atom is -0.380 e. The number of thioether (sulfide) groups is 1. The van der Waals surface area contributed by atoms with Crippen molar-refractivity contribution in [2.45, 2.75) is 37.0 Å². The van der Waals surface area contributed by atoms with Crippen LogP contribution in [0, 0.1) is 5.41 Å². The summed E-state index contributed by atoms with van der Waals surface area (Å²) in [5, 5.41) is 3.13. The minimum atomic E-state index is -4.59. The van der Waals surface area contributed by atoms with E-state index in [4.69, 9.17) is 0 Å². The first-order valence-electron chi connectivity index (χ1n) is 6.68. The lowest BCUT2D eigenvalue weighted by molar-refractivity contribution is 0.235. The number of benzene rings is 1. The third-order valence-electron chi connectivity index (χ3n) is 3.40. The van der Waals surface area contributed by atoms with Crippen molar-refractivity contribution in [3.63, 3.8) is 0 Å². The third kappa shape index (κ3) is 3.88. The lowest BCUT2D eigenvalue weighted by Gasteiger charge is -2.35. The van der Waals surface area contributed by atoms with Crippen LogP contribution in [0.3, 0.4) is 0 Å². The fourth-order valence-electron chi connectivity index (χ4n) is 2.50. The highest BCUT2D eigenvalue weighted by Crippen LogP contribution is 2.36. The van der Waals surface area contributed by atoms with Crippen LogP contribution in [0.25, 0.3) is 0 Å². The molecule has 1 aromatic carbocycles. The number of hydrogen-bond donors (Lipinski definition) is 1. The summed E-state index contributed by atoms with van der Waals surface area (Å²) in [6, 6.07) is 5.95. The Morgan fingerprint density at radius 1 is 1.33 bits per heavy atom. The molecule has 2 rings (SSSR count). The zero-order valence-electron chi connectivity index (χ0n) is 12.0. The van der Waals surface area contributed by atoms with Gasteiger partial charge in [-0.25, -0.2) is 8.42 Å². The Morgan fingerprint density at radius 3 is 2.62 bits per heavy atom. The molecule has 0 radical (unpaired) electrons. The van der Waals surface area contributed by atoms with E-state index in [1.807, 2.05) is 0 Å². The van der Waals surface area contributed by atoms with Gasteiger partial charge in [0.05, 0.1) is 10.6 Å². The van der Waals surface area contributed by atoms with Gasteiger partial charge in [-0.2, -0.15) is 20.5 Å². The Morgan fingerprint density at radius 2 is 2.00 bits per heavy atom. The fourth-order valence-corrected chi connectivity index (χ4v) is 4.67. The van der Waals surface area contributed by atoms with E-state index < -0.39 is 15.6 Å². The molecule has 1 saturated heterocycles. The SMILES string of the molecule is CC1(C)CSCC(Nc2ccccc2S(=O)(=O)C(F)F)C1. The summed E-state index contributed by atoms with van der Waals surface area (Å²) >= 11 is 1.79. The molecule has 1 N–H and O–H groups in total. The molecule has 118 valence electrons. The van der Waals surface area contributed by atoms with E-state index in [1.165, 1.54) is 12.1 Å². The number of alkyl halides is 2. The normalized spacial score (nSPS) is 22.2. The summed E-state index contributed by atoms with van der Waals surface area (Å²) < 4.78 is 49.0. The molecular weight excluding hydrogens is 316 g/mol. The molecule has 0 bridgehead atoms. The van der Waals surface area contributed by atoms with E-state index in [0.717, 1.165) is 17.9 Å². The summed E-state index contributed by atoms with van der Waals surface area (Å²) in [5.41, 5.74) is 0.415. The van der Waals surface area contributed by atoms with Crippen molar-refractivity contribution < 1.29 is 17.2 Å². The van der Waals surface area contributed by atoms with Gasteiger partial charge in [0.15, 0.2) is 0 Å². The van der Waals surface area contributed by atoms with Gasteiger partial charge in [-0.15, -0.1) is 0 Å². The largest absolute Gasteiger partial charge is 0.380 e. The zero-order valence-corrected chi connectivity index (χ0v) is 13.6. The maximum absolute atomic E-state index is 12.8. The molecule has 0 saturated carbocycles. The molecule has 1 aliphatic rings. The molecule has 0 aliphatic carbocycles. The summed E-state index contributed by atoms with van der Waals surface area (Å²) in [6.07, 6.45) is 0.878. The van der Waals surface area contributed by atoms with E-state index in [1.54, 1.807) is 23.9 Å². The highest BCUT2D eigenvalue weighted by Gasteiger charge is 2.32. The first-order valence-corrected chi connectivity index (χ1v) is 9.38. The molecule has 7 heteroatoms. The van der Waals surface area contributed by atoms with Crippen LogP contribution in [0.5, 0.6) is 0 Å². The van der Waals surface area contributed by atoms with E-state index in [2.05, 4.69) is 19.2 Å². The van der Waals surface area contributed by atoms with Crippen LogP contribution in [0.15, 0.2) is 29.2 Å². The fraction of sp³-hybridized carbons (Fsp3) is 0.571. The van der Waals surface area contributed by atoms with Gasteiger partial charge >= 0.3 is 5.76 Å². The van der Waals surface area contributed by atoms with Crippen molar-refractivity contribution in [2.75, 3.05) is 16.8 Å². The molecule has 0 aromatic heterocycles. The number of sulfone groups is 1. The lowest BCUT2D eigenvalue weighted by Crippen LogP contribution is -2.35. The molecule has 3 nitrogen and oxygen atoms in total. The van der Waals surface area contributed by atoms with Gasteiger partial charge in [0.25, 0.3) is 0 Å². The van der Waals surface area contributed by atoms with Crippen molar-refractivity contribution in [3.05, 3.63) is 24.3 Å². The van der Waals surface area contributed by atoms with Gasteiger partial charge in [0.2, 0.25) is 9.84 Å². The number of nitrogens with one attached hydrogen (secondary N) is 1. The first-order chi connectivity index (χ1) is 9.72. The van der Waals surface area contributed by atoms with Crippen LogP contribution in [0.2, 0.25) is 0 Å². The zero-order chi connectivity index (χ0) is 15.7. The van der Waals surface area contributed by atoms with E-state index in [-0.39, 0.29) is 22.0 Å². The van der Waals surface area contributed by atoms with Crippen molar-refractivity contribution in [1.29, 1.82) is 0 Å². The number of halogens is 2. The Kier molecular flexibility index (Phi) is 4.82. The van der Waals surface area contributed by atoms with Crippen LogP contribution < -0.4 is 5.32 Å². The number of para-hydroxylation sites is 1. The Hall–Kier alpha value is -0.820. The smallest absolute Gasteiger partial charge is 0.341 e. The second-order valence-electron chi connectivity index (χ2n) is 6.03. The lowest BCUT2D eigenvalue weighted by atomic mass is 9.88. The second kappa shape index (κ2) is 6.12. The highest BCUT2D eigenvalue weighted by atomic mass is 32.2. The van der Waals surface area contributed by atoms with Crippen LogP contribution in [0.1, 0.15) is 20.3 Å². The molecule has 1 atom stereocenters. The van der Waals surface area contributed by atoms with Gasteiger partial charge in [-0.05, 0) is 29.7 Å². The Balaban J connectivity index is 2.26. The molecule has 1 unspecified atom stereocenters. The van der Waals surface area contributed by atoms with E-state index in [9.17, 15) is 17.2 Å². The van der Waals surface area contributed by atoms with Gasteiger partial charge in [0, 0.05) is 11.8 Å². The van der Waals surface area contributed by atoms with Crippen LogP contribution in [0.4, 0.5) is 14.5 Å². The Labute approximate surface area is 128 Å². The summed E-state index contributed by atoms with van der Waals surface area (Å²) in [5.74, 6) is -1.52. The summed E-state index contributed by atoms with van der Waals surface area (Å²) in [4.78, 5) is -0.326. The summed E-state index contributed by atoms with van der Waals surface area (Å²) in [6.45, 7) is 4.30. The van der Waals surface area contributed by atoms with Gasteiger partial charge < -0.3 is 5.32 Å². The monoisotopic (exact) mass is 335 g/mol.